The van der Waals surface area contributed by atoms with Crippen molar-refractivity contribution in [3.63, 3.8) is 0 Å². The minimum Gasteiger partial charge on any atom is -0.355 e. The van der Waals surface area contributed by atoms with E-state index >= 15 is 0 Å². The summed E-state index contributed by atoms with van der Waals surface area (Å²) in [6.45, 7) is 2.84. The third kappa shape index (κ3) is 5.13. The molecular formula is C19H24N4O. The van der Waals surface area contributed by atoms with E-state index in [1.54, 1.807) is 18.6 Å². The van der Waals surface area contributed by atoms with E-state index in [1.165, 1.54) is 12.0 Å². The van der Waals surface area contributed by atoms with Gasteiger partial charge >= 0.3 is 0 Å². The Hall–Kier alpha value is -2.27. The monoisotopic (exact) mass is 324 g/mol. The van der Waals surface area contributed by atoms with Gasteiger partial charge in [-0.05, 0) is 43.0 Å². The van der Waals surface area contributed by atoms with Gasteiger partial charge in [0.1, 0.15) is 0 Å². The van der Waals surface area contributed by atoms with E-state index in [0.717, 1.165) is 36.7 Å². The Labute approximate surface area is 142 Å². The molecule has 24 heavy (non-hydrogen) atoms. The van der Waals surface area contributed by atoms with Crippen molar-refractivity contribution in [2.45, 2.75) is 25.7 Å². The first-order chi connectivity index (χ1) is 11.8. The van der Waals surface area contributed by atoms with Crippen LogP contribution < -0.4 is 10.6 Å². The number of nitrogens with zero attached hydrogens (tertiary/aromatic N) is 2. The van der Waals surface area contributed by atoms with E-state index in [2.05, 4.69) is 44.9 Å². The van der Waals surface area contributed by atoms with E-state index in [0.29, 0.717) is 19.4 Å². The van der Waals surface area contributed by atoms with Crippen LogP contribution >= 0.6 is 0 Å². The third-order valence-electron chi connectivity index (χ3n) is 4.39. The zero-order valence-corrected chi connectivity index (χ0v) is 13.9. The maximum Gasteiger partial charge on any atom is 0.224 e. The number of rotatable bonds is 7. The molecule has 1 atom stereocenters. The topological polar surface area (TPSA) is 66.9 Å². The normalized spacial score (nSPS) is 16.9. The summed E-state index contributed by atoms with van der Waals surface area (Å²) in [6.07, 6.45) is 8.55. The summed E-state index contributed by atoms with van der Waals surface area (Å²) < 4.78 is 0. The number of carbonyl (C=O) groups is 1. The predicted octanol–water partition coefficient (Wildman–Crippen LogP) is 1.53. The van der Waals surface area contributed by atoms with Crippen LogP contribution in [0.5, 0.6) is 0 Å². The van der Waals surface area contributed by atoms with Crippen LogP contribution in [0.2, 0.25) is 0 Å². The zero-order chi connectivity index (χ0) is 16.6. The zero-order valence-electron chi connectivity index (χ0n) is 13.9. The fraction of sp³-hybridized carbons (Fsp3) is 0.421. The van der Waals surface area contributed by atoms with Crippen molar-refractivity contribution in [1.82, 2.24) is 20.6 Å². The van der Waals surface area contributed by atoms with Gasteiger partial charge in [-0.25, -0.2) is 0 Å². The van der Waals surface area contributed by atoms with Crippen LogP contribution in [0.1, 0.15) is 23.2 Å². The minimum atomic E-state index is 0.0478. The molecule has 126 valence electrons. The van der Waals surface area contributed by atoms with Gasteiger partial charge in [-0.1, -0.05) is 24.3 Å². The van der Waals surface area contributed by atoms with Crippen molar-refractivity contribution < 1.29 is 4.79 Å². The van der Waals surface area contributed by atoms with Crippen molar-refractivity contribution >= 4 is 5.91 Å². The summed E-state index contributed by atoms with van der Waals surface area (Å²) in [4.78, 5) is 20.2. The molecule has 3 rings (SSSR count). The molecule has 0 bridgehead atoms. The van der Waals surface area contributed by atoms with Gasteiger partial charge in [0.25, 0.3) is 0 Å². The summed E-state index contributed by atoms with van der Waals surface area (Å²) in [5.41, 5.74) is 3.30. The molecule has 1 aromatic carbocycles. The molecule has 0 radical (unpaired) electrons. The van der Waals surface area contributed by atoms with Crippen molar-refractivity contribution in [2.24, 2.45) is 5.92 Å². The molecular weight excluding hydrogens is 300 g/mol. The van der Waals surface area contributed by atoms with Crippen molar-refractivity contribution in [3.05, 3.63) is 59.7 Å². The Morgan fingerprint density at radius 1 is 1.21 bits per heavy atom. The average Bonchev–Trinajstić information content (AvgIpc) is 3.11. The summed E-state index contributed by atoms with van der Waals surface area (Å²) in [5.74, 6) is 0.798. The highest BCUT2D eigenvalue weighted by molar-refractivity contribution is 5.78. The molecule has 1 aliphatic rings. The number of benzene rings is 1. The number of hydrogen-bond donors (Lipinski definition) is 2. The van der Waals surface area contributed by atoms with Gasteiger partial charge in [0, 0.05) is 31.6 Å². The largest absolute Gasteiger partial charge is 0.355 e. The smallest absolute Gasteiger partial charge is 0.224 e. The Bertz CT molecular complexity index is 636. The lowest BCUT2D eigenvalue weighted by Gasteiger charge is -2.09. The molecule has 0 saturated carbocycles. The van der Waals surface area contributed by atoms with Gasteiger partial charge in [0.2, 0.25) is 5.91 Å². The van der Waals surface area contributed by atoms with Gasteiger partial charge in [0.05, 0.1) is 12.1 Å². The van der Waals surface area contributed by atoms with E-state index in [1.807, 2.05) is 0 Å². The first kappa shape index (κ1) is 16.6. The maximum absolute atomic E-state index is 12.0. The lowest BCUT2D eigenvalue weighted by molar-refractivity contribution is -0.120. The van der Waals surface area contributed by atoms with Crippen LogP contribution in [0.25, 0.3) is 0 Å². The quantitative estimate of drug-likeness (QED) is 0.810. The van der Waals surface area contributed by atoms with Crippen molar-refractivity contribution in [2.75, 3.05) is 19.6 Å². The van der Waals surface area contributed by atoms with Gasteiger partial charge in [-0.2, -0.15) is 0 Å². The maximum atomic E-state index is 12.0. The van der Waals surface area contributed by atoms with Crippen LogP contribution in [0.15, 0.2) is 42.9 Å². The highest BCUT2D eigenvalue weighted by Crippen LogP contribution is 2.15. The number of amides is 1. The lowest BCUT2D eigenvalue weighted by Crippen LogP contribution is -2.27. The SMILES string of the molecule is O=C(Cc1ccc(CC2CCNC2)cc1)NCCc1cnccn1. The number of carbonyl (C=O) groups excluding carboxylic acids is 1. The Balaban J connectivity index is 1.40. The summed E-state index contributed by atoms with van der Waals surface area (Å²) in [5, 5.41) is 6.34. The number of hydrogen-bond acceptors (Lipinski definition) is 4. The summed E-state index contributed by atoms with van der Waals surface area (Å²) in [6, 6.07) is 8.45. The highest BCUT2D eigenvalue weighted by Gasteiger charge is 2.14. The molecule has 1 fully saturated rings. The van der Waals surface area contributed by atoms with E-state index in [9.17, 15) is 4.79 Å². The molecule has 1 saturated heterocycles. The van der Waals surface area contributed by atoms with Crippen LogP contribution in [0, 0.1) is 5.92 Å². The minimum absolute atomic E-state index is 0.0478. The first-order valence-corrected chi connectivity index (χ1v) is 8.60. The molecule has 2 N–H and O–H groups in total. The summed E-state index contributed by atoms with van der Waals surface area (Å²) >= 11 is 0. The van der Waals surface area contributed by atoms with Crippen LogP contribution in [-0.4, -0.2) is 35.5 Å². The molecule has 1 amide bonds. The second kappa shape index (κ2) is 8.55. The standard InChI is InChI=1S/C19H24N4O/c24-19(23-8-6-18-14-21-9-10-22-18)12-16-3-1-15(2-4-16)11-17-5-7-20-13-17/h1-4,9-10,14,17,20H,5-8,11-13H2,(H,23,24). The first-order valence-electron chi connectivity index (χ1n) is 8.60. The molecule has 1 unspecified atom stereocenters. The Morgan fingerprint density at radius 3 is 2.75 bits per heavy atom. The predicted molar refractivity (Wildman–Crippen MR) is 93.6 cm³/mol. The van der Waals surface area contributed by atoms with E-state index in [-0.39, 0.29) is 5.91 Å². The van der Waals surface area contributed by atoms with Crippen molar-refractivity contribution in [3.8, 4) is 0 Å². The average molecular weight is 324 g/mol. The second-order valence-corrected chi connectivity index (χ2v) is 6.35. The van der Waals surface area contributed by atoms with Crippen LogP contribution in [0.4, 0.5) is 0 Å². The third-order valence-corrected chi connectivity index (χ3v) is 4.39. The molecule has 1 aromatic heterocycles. The molecule has 2 heterocycles. The van der Waals surface area contributed by atoms with Gasteiger partial charge in [-0.3, -0.25) is 14.8 Å². The van der Waals surface area contributed by atoms with Crippen molar-refractivity contribution in [1.29, 1.82) is 0 Å². The van der Waals surface area contributed by atoms with Gasteiger partial charge < -0.3 is 10.6 Å². The number of aromatic nitrogens is 2. The van der Waals surface area contributed by atoms with Crippen LogP contribution in [0.3, 0.4) is 0 Å². The molecule has 2 aromatic rings. The molecule has 5 heteroatoms. The molecule has 0 aliphatic carbocycles. The second-order valence-electron chi connectivity index (χ2n) is 6.35. The molecule has 5 nitrogen and oxygen atoms in total. The van der Waals surface area contributed by atoms with E-state index < -0.39 is 0 Å². The Morgan fingerprint density at radius 2 is 2.04 bits per heavy atom. The summed E-state index contributed by atoms with van der Waals surface area (Å²) in [7, 11) is 0. The van der Waals surface area contributed by atoms with Gasteiger partial charge in [-0.15, -0.1) is 0 Å². The Kier molecular flexibility index (Phi) is 5.90. The number of nitrogens with one attached hydrogen (secondary N) is 2. The molecule has 0 spiro atoms. The lowest BCUT2D eigenvalue weighted by atomic mass is 9.97. The van der Waals surface area contributed by atoms with Crippen LogP contribution in [-0.2, 0) is 24.1 Å². The molecule has 1 aliphatic heterocycles. The fourth-order valence-electron chi connectivity index (χ4n) is 3.05. The van der Waals surface area contributed by atoms with Gasteiger partial charge in [0.15, 0.2) is 0 Å². The van der Waals surface area contributed by atoms with E-state index in [4.69, 9.17) is 0 Å². The highest BCUT2D eigenvalue weighted by atomic mass is 16.1. The fourth-order valence-corrected chi connectivity index (χ4v) is 3.05.